The lowest BCUT2D eigenvalue weighted by Gasteiger charge is -2.26. The van der Waals surface area contributed by atoms with Crippen LogP contribution in [0.3, 0.4) is 0 Å². The lowest BCUT2D eigenvalue weighted by Crippen LogP contribution is -2.40. The standard InChI is InChI=1S/C19H22N8O2/c1-3-20-19-22-7-12-16(24-19)26-6-4-5-11(26)9-27(17(12)28)13-8-21-15-14(13)18(29)25(2)10-23-15/h7-8,10-11,21H,3-6,9H2,1-2H3,(H,20,22,24)/t11-/m0/s1. The molecule has 10 nitrogen and oxygen atoms in total. The van der Waals surface area contributed by atoms with Gasteiger partial charge in [-0.2, -0.15) is 4.98 Å². The fourth-order valence-electron chi connectivity index (χ4n) is 4.24. The number of hydrogen-bond acceptors (Lipinski definition) is 7. The Balaban J connectivity index is 1.67. The van der Waals surface area contributed by atoms with Crippen LogP contribution in [0, 0.1) is 0 Å². The molecule has 0 aromatic carbocycles. The maximum atomic E-state index is 13.5. The van der Waals surface area contributed by atoms with Crippen molar-refractivity contribution in [3.8, 4) is 0 Å². The molecule has 0 saturated carbocycles. The maximum absolute atomic E-state index is 13.5. The molecule has 1 fully saturated rings. The number of fused-ring (bicyclic) bond motifs is 4. The first kappa shape index (κ1) is 17.7. The molecule has 5 heterocycles. The normalized spacial score (nSPS) is 18.7. The van der Waals surface area contributed by atoms with Gasteiger partial charge in [0.1, 0.15) is 22.4 Å². The summed E-state index contributed by atoms with van der Waals surface area (Å²) >= 11 is 0. The van der Waals surface area contributed by atoms with Gasteiger partial charge in [-0.3, -0.25) is 9.59 Å². The highest BCUT2D eigenvalue weighted by atomic mass is 16.2. The topological polar surface area (TPSA) is 112 Å². The number of nitrogens with one attached hydrogen (secondary N) is 2. The van der Waals surface area contributed by atoms with Gasteiger partial charge >= 0.3 is 0 Å². The molecule has 0 aliphatic carbocycles. The minimum absolute atomic E-state index is 0.134. The van der Waals surface area contributed by atoms with Crippen LogP contribution in [-0.2, 0) is 7.05 Å². The van der Waals surface area contributed by atoms with Crippen LogP contribution in [0.5, 0.6) is 0 Å². The van der Waals surface area contributed by atoms with E-state index in [1.807, 2.05) is 6.92 Å². The van der Waals surface area contributed by atoms with E-state index in [9.17, 15) is 9.59 Å². The van der Waals surface area contributed by atoms with E-state index in [1.54, 1.807) is 24.3 Å². The average Bonchev–Trinajstić information content (AvgIpc) is 3.33. The number of carbonyl (C=O) groups excluding carboxylic acids is 1. The van der Waals surface area contributed by atoms with E-state index in [-0.39, 0.29) is 17.5 Å². The first-order valence-electron chi connectivity index (χ1n) is 9.80. The number of aromatic amines is 1. The van der Waals surface area contributed by atoms with Gasteiger partial charge in [-0.15, -0.1) is 0 Å². The van der Waals surface area contributed by atoms with Crippen molar-refractivity contribution < 1.29 is 4.79 Å². The fourth-order valence-corrected chi connectivity index (χ4v) is 4.24. The van der Waals surface area contributed by atoms with E-state index in [0.717, 1.165) is 19.4 Å². The Labute approximate surface area is 166 Å². The fraction of sp³-hybridized carbons (Fsp3) is 0.421. The van der Waals surface area contributed by atoms with Crippen LogP contribution < -0.4 is 20.7 Å². The molecule has 1 saturated heterocycles. The van der Waals surface area contributed by atoms with Gasteiger partial charge in [-0.25, -0.2) is 9.97 Å². The number of nitrogens with zero attached hydrogens (tertiary/aromatic N) is 6. The molecule has 0 spiro atoms. The molecule has 5 rings (SSSR count). The van der Waals surface area contributed by atoms with Crippen LogP contribution in [0.2, 0.25) is 0 Å². The number of hydrogen-bond donors (Lipinski definition) is 2. The van der Waals surface area contributed by atoms with Crippen molar-refractivity contribution in [2.45, 2.75) is 25.8 Å². The highest BCUT2D eigenvalue weighted by Gasteiger charge is 2.38. The van der Waals surface area contributed by atoms with E-state index >= 15 is 0 Å². The molecular weight excluding hydrogens is 372 g/mol. The third kappa shape index (κ3) is 2.66. The molecule has 3 aromatic rings. The van der Waals surface area contributed by atoms with E-state index in [4.69, 9.17) is 0 Å². The molecule has 150 valence electrons. The Morgan fingerprint density at radius 2 is 2.17 bits per heavy atom. The van der Waals surface area contributed by atoms with Crippen molar-refractivity contribution in [2.75, 3.05) is 34.8 Å². The first-order chi connectivity index (χ1) is 14.1. The molecule has 2 aliphatic rings. The molecule has 1 atom stereocenters. The van der Waals surface area contributed by atoms with Gasteiger partial charge in [0.15, 0.2) is 0 Å². The van der Waals surface area contributed by atoms with Gasteiger partial charge in [0.25, 0.3) is 11.5 Å². The predicted molar refractivity (Wildman–Crippen MR) is 110 cm³/mol. The summed E-state index contributed by atoms with van der Waals surface area (Å²) in [6.07, 6.45) is 6.74. The third-order valence-electron chi connectivity index (χ3n) is 5.65. The molecule has 1 amide bonds. The molecule has 3 aromatic heterocycles. The van der Waals surface area contributed by atoms with E-state index in [1.165, 1.54) is 10.9 Å². The second-order valence-corrected chi connectivity index (χ2v) is 7.42. The monoisotopic (exact) mass is 394 g/mol. The number of aryl methyl sites for hydroxylation is 1. The Bertz CT molecular complexity index is 1170. The predicted octanol–water partition coefficient (Wildman–Crippen LogP) is 1.11. The summed E-state index contributed by atoms with van der Waals surface area (Å²) in [5.41, 5.74) is 1.29. The molecule has 2 N–H and O–H groups in total. The van der Waals surface area contributed by atoms with Gasteiger partial charge in [0.05, 0.1) is 12.0 Å². The van der Waals surface area contributed by atoms with Gasteiger partial charge in [-0.1, -0.05) is 0 Å². The summed E-state index contributed by atoms with van der Waals surface area (Å²) in [5, 5.41) is 3.54. The van der Waals surface area contributed by atoms with Gasteiger partial charge in [0.2, 0.25) is 5.95 Å². The number of rotatable bonds is 3. The van der Waals surface area contributed by atoms with Crippen LogP contribution >= 0.6 is 0 Å². The van der Waals surface area contributed by atoms with Gasteiger partial charge in [0, 0.05) is 45.1 Å². The molecule has 0 radical (unpaired) electrons. The second-order valence-electron chi connectivity index (χ2n) is 7.42. The minimum atomic E-state index is -0.204. The number of aromatic nitrogens is 5. The van der Waals surface area contributed by atoms with Gasteiger partial charge < -0.3 is 24.7 Å². The zero-order chi connectivity index (χ0) is 20.1. The zero-order valence-corrected chi connectivity index (χ0v) is 16.3. The Morgan fingerprint density at radius 3 is 3.00 bits per heavy atom. The minimum Gasteiger partial charge on any atom is -0.354 e. The summed E-state index contributed by atoms with van der Waals surface area (Å²) in [6.45, 7) is 4.01. The van der Waals surface area contributed by atoms with Crippen molar-refractivity contribution in [3.05, 3.63) is 34.6 Å². The van der Waals surface area contributed by atoms with Crippen molar-refractivity contribution in [3.63, 3.8) is 0 Å². The molecule has 29 heavy (non-hydrogen) atoms. The number of H-pyrrole nitrogens is 1. The molecule has 0 bridgehead atoms. The smallest absolute Gasteiger partial charge is 0.264 e. The lowest BCUT2D eigenvalue weighted by molar-refractivity contribution is 0.0988. The highest BCUT2D eigenvalue weighted by Crippen LogP contribution is 2.35. The molecule has 2 aliphatic heterocycles. The van der Waals surface area contributed by atoms with Crippen LogP contribution in [-0.4, -0.2) is 56.1 Å². The van der Waals surface area contributed by atoms with Crippen molar-refractivity contribution in [1.29, 1.82) is 0 Å². The van der Waals surface area contributed by atoms with Crippen LogP contribution in [0.25, 0.3) is 11.0 Å². The molecule has 10 heteroatoms. The summed E-state index contributed by atoms with van der Waals surface area (Å²) in [5.74, 6) is 0.976. The summed E-state index contributed by atoms with van der Waals surface area (Å²) in [7, 11) is 1.65. The molecular formula is C19H22N8O2. The van der Waals surface area contributed by atoms with Crippen LogP contribution in [0.15, 0.2) is 23.5 Å². The first-order valence-corrected chi connectivity index (χ1v) is 9.80. The summed E-state index contributed by atoms with van der Waals surface area (Å²) < 4.78 is 1.42. The third-order valence-corrected chi connectivity index (χ3v) is 5.65. The number of anilines is 3. The van der Waals surface area contributed by atoms with Crippen molar-refractivity contribution in [1.82, 2.24) is 24.5 Å². The number of amides is 1. The number of carbonyl (C=O) groups is 1. The average molecular weight is 394 g/mol. The largest absolute Gasteiger partial charge is 0.354 e. The highest BCUT2D eigenvalue weighted by molar-refractivity contribution is 6.13. The summed E-state index contributed by atoms with van der Waals surface area (Å²) in [4.78, 5) is 46.4. The van der Waals surface area contributed by atoms with E-state index in [0.29, 0.717) is 47.1 Å². The molecule has 0 unspecified atom stereocenters. The van der Waals surface area contributed by atoms with Crippen LogP contribution in [0.1, 0.15) is 30.1 Å². The zero-order valence-electron chi connectivity index (χ0n) is 16.3. The quantitative estimate of drug-likeness (QED) is 0.684. The Morgan fingerprint density at radius 1 is 1.31 bits per heavy atom. The van der Waals surface area contributed by atoms with Crippen molar-refractivity contribution >= 4 is 34.4 Å². The van der Waals surface area contributed by atoms with E-state index in [2.05, 4.69) is 30.2 Å². The second kappa shape index (κ2) is 6.57. The Hall–Kier alpha value is -3.43. The SMILES string of the molecule is CCNc1ncc2c(n1)N1CCC[C@H]1CN(c1c[nH]c3ncn(C)c(=O)c13)C2=O. The van der Waals surface area contributed by atoms with Crippen LogP contribution in [0.4, 0.5) is 17.5 Å². The van der Waals surface area contributed by atoms with Crippen molar-refractivity contribution in [2.24, 2.45) is 7.05 Å². The Kier molecular flexibility index (Phi) is 4.00. The maximum Gasteiger partial charge on any atom is 0.264 e. The summed E-state index contributed by atoms with van der Waals surface area (Å²) in [6, 6.07) is 0.134. The lowest BCUT2D eigenvalue weighted by atomic mass is 10.2. The van der Waals surface area contributed by atoms with Gasteiger partial charge in [-0.05, 0) is 19.8 Å². The van der Waals surface area contributed by atoms with E-state index < -0.39 is 0 Å².